The van der Waals surface area contributed by atoms with Crippen LogP contribution in [-0.4, -0.2) is 29.9 Å². The van der Waals surface area contributed by atoms with Gasteiger partial charge in [0.1, 0.15) is 0 Å². The molecule has 3 heteroatoms. The zero-order valence-corrected chi connectivity index (χ0v) is 10.5. The monoisotopic (exact) mass is 222 g/mol. The number of aryl methyl sites for hydroxylation is 2. The van der Waals surface area contributed by atoms with Crippen molar-refractivity contribution >= 4 is 5.91 Å². The van der Waals surface area contributed by atoms with Crippen LogP contribution in [0.2, 0.25) is 0 Å². The Morgan fingerprint density at radius 1 is 1.38 bits per heavy atom. The molecular formula is C13H22N2O. The molecule has 0 unspecified atom stereocenters. The van der Waals surface area contributed by atoms with Gasteiger partial charge in [0.15, 0.2) is 0 Å². The fourth-order valence-corrected chi connectivity index (χ4v) is 1.63. The molecule has 1 aromatic rings. The van der Waals surface area contributed by atoms with E-state index in [2.05, 4.69) is 24.2 Å². The van der Waals surface area contributed by atoms with Crippen LogP contribution in [0.1, 0.15) is 37.4 Å². The number of hydrogen-bond donors (Lipinski definition) is 1. The molecular weight excluding hydrogens is 200 g/mol. The number of H-pyrrole nitrogens is 1. The van der Waals surface area contributed by atoms with Crippen molar-refractivity contribution in [2.45, 2.75) is 39.0 Å². The number of nitrogens with zero attached hydrogens (tertiary/aromatic N) is 1. The topological polar surface area (TPSA) is 36.1 Å². The number of nitrogens with one attached hydrogen (secondary N) is 1. The van der Waals surface area contributed by atoms with Gasteiger partial charge >= 0.3 is 0 Å². The van der Waals surface area contributed by atoms with Crippen LogP contribution in [0, 0.1) is 0 Å². The van der Waals surface area contributed by atoms with Crippen LogP contribution in [0.15, 0.2) is 12.3 Å². The van der Waals surface area contributed by atoms with E-state index in [1.807, 2.05) is 0 Å². The molecule has 0 atom stereocenters. The molecule has 0 aliphatic heterocycles. The van der Waals surface area contributed by atoms with Crippen molar-refractivity contribution in [1.29, 1.82) is 0 Å². The normalized spacial score (nSPS) is 10.4. The third-order valence-electron chi connectivity index (χ3n) is 2.73. The Balaban J connectivity index is 2.37. The second kappa shape index (κ2) is 6.36. The molecule has 90 valence electrons. The Morgan fingerprint density at radius 2 is 2.12 bits per heavy atom. The largest absolute Gasteiger partial charge is 0.365 e. The molecule has 0 aliphatic carbocycles. The molecule has 3 nitrogen and oxygen atoms in total. The van der Waals surface area contributed by atoms with Crippen molar-refractivity contribution in [2.24, 2.45) is 0 Å². The standard InChI is InChI=1S/C13H22N2O/c1-4-5-6-11-9-12(14-10-11)7-8-13(16)15(2)3/h9-10,14H,4-8H2,1-3H3. The minimum absolute atomic E-state index is 0.185. The highest BCUT2D eigenvalue weighted by Gasteiger charge is 2.05. The molecule has 16 heavy (non-hydrogen) atoms. The Kier molecular flexibility index (Phi) is 5.09. The molecule has 0 bridgehead atoms. The Bertz CT molecular complexity index is 328. The molecule has 1 amide bonds. The van der Waals surface area contributed by atoms with Gasteiger partial charge in [0, 0.05) is 32.4 Å². The third kappa shape index (κ3) is 4.09. The van der Waals surface area contributed by atoms with Gasteiger partial charge in [-0.2, -0.15) is 0 Å². The van der Waals surface area contributed by atoms with E-state index in [1.54, 1.807) is 19.0 Å². The number of hydrogen-bond acceptors (Lipinski definition) is 1. The minimum atomic E-state index is 0.185. The lowest BCUT2D eigenvalue weighted by Crippen LogP contribution is -2.21. The van der Waals surface area contributed by atoms with Gasteiger partial charge in [0.05, 0.1) is 0 Å². The van der Waals surface area contributed by atoms with E-state index in [0.717, 1.165) is 12.8 Å². The van der Waals surface area contributed by atoms with Crippen LogP contribution in [0.5, 0.6) is 0 Å². The van der Waals surface area contributed by atoms with Crippen LogP contribution in [0.4, 0.5) is 0 Å². The van der Waals surface area contributed by atoms with Crippen molar-refractivity contribution in [3.05, 3.63) is 23.5 Å². The number of rotatable bonds is 6. The van der Waals surface area contributed by atoms with E-state index in [0.29, 0.717) is 6.42 Å². The molecule has 0 spiro atoms. The van der Waals surface area contributed by atoms with Crippen molar-refractivity contribution in [3.63, 3.8) is 0 Å². The highest BCUT2D eigenvalue weighted by atomic mass is 16.2. The predicted octanol–water partition coefficient (Wildman–Crippen LogP) is 2.38. The van der Waals surface area contributed by atoms with E-state index in [-0.39, 0.29) is 5.91 Å². The molecule has 0 aliphatic rings. The maximum absolute atomic E-state index is 11.4. The average molecular weight is 222 g/mol. The Labute approximate surface area is 97.8 Å². The Morgan fingerprint density at radius 3 is 2.75 bits per heavy atom. The number of aromatic nitrogens is 1. The van der Waals surface area contributed by atoms with Crippen LogP contribution in [0.3, 0.4) is 0 Å². The van der Waals surface area contributed by atoms with Gasteiger partial charge in [-0.15, -0.1) is 0 Å². The van der Waals surface area contributed by atoms with Crippen LogP contribution in [0.25, 0.3) is 0 Å². The van der Waals surface area contributed by atoms with E-state index in [1.165, 1.54) is 24.1 Å². The fourth-order valence-electron chi connectivity index (χ4n) is 1.63. The van der Waals surface area contributed by atoms with Gasteiger partial charge in [-0.25, -0.2) is 0 Å². The smallest absolute Gasteiger partial charge is 0.222 e. The lowest BCUT2D eigenvalue weighted by molar-refractivity contribution is -0.128. The summed E-state index contributed by atoms with van der Waals surface area (Å²) in [6.07, 6.45) is 7.04. The molecule has 1 rings (SSSR count). The number of unbranched alkanes of at least 4 members (excludes halogenated alkanes) is 1. The second-order valence-corrected chi connectivity index (χ2v) is 4.42. The van der Waals surface area contributed by atoms with Crippen molar-refractivity contribution in [1.82, 2.24) is 9.88 Å². The van der Waals surface area contributed by atoms with Gasteiger partial charge in [-0.3, -0.25) is 4.79 Å². The van der Waals surface area contributed by atoms with Crippen molar-refractivity contribution in [3.8, 4) is 0 Å². The second-order valence-electron chi connectivity index (χ2n) is 4.42. The summed E-state index contributed by atoms with van der Waals surface area (Å²) < 4.78 is 0. The summed E-state index contributed by atoms with van der Waals surface area (Å²) >= 11 is 0. The van der Waals surface area contributed by atoms with Gasteiger partial charge in [-0.05, 0) is 30.9 Å². The van der Waals surface area contributed by atoms with E-state index < -0.39 is 0 Å². The zero-order chi connectivity index (χ0) is 12.0. The summed E-state index contributed by atoms with van der Waals surface area (Å²) in [5.74, 6) is 0.185. The van der Waals surface area contributed by atoms with Crippen molar-refractivity contribution < 1.29 is 4.79 Å². The lowest BCUT2D eigenvalue weighted by Gasteiger charge is -2.08. The Hall–Kier alpha value is -1.25. The first-order chi connectivity index (χ1) is 7.63. The molecule has 0 radical (unpaired) electrons. The van der Waals surface area contributed by atoms with Crippen LogP contribution >= 0.6 is 0 Å². The number of carbonyl (C=O) groups is 1. The average Bonchev–Trinajstić information content (AvgIpc) is 2.70. The number of carbonyl (C=O) groups excluding carboxylic acids is 1. The van der Waals surface area contributed by atoms with Crippen molar-refractivity contribution in [2.75, 3.05) is 14.1 Å². The quantitative estimate of drug-likeness (QED) is 0.788. The van der Waals surface area contributed by atoms with E-state index in [9.17, 15) is 4.79 Å². The van der Waals surface area contributed by atoms with E-state index in [4.69, 9.17) is 0 Å². The summed E-state index contributed by atoms with van der Waals surface area (Å²) in [5.41, 5.74) is 2.52. The fraction of sp³-hybridized carbons (Fsp3) is 0.615. The highest BCUT2D eigenvalue weighted by Crippen LogP contribution is 2.09. The van der Waals surface area contributed by atoms with Gasteiger partial charge in [0.25, 0.3) is 0 Å². The molecule has 1 aromatic heterocycles. The first-order valence-corrected chi connectivity index (χ1v) is 5.99. The van der Waals surface area contributed by atoms with Gasteiger partial charge in [0.2, 0.25) is 5.91 Å². The van der Waals surface area contributed by atoms with Crippen LogP contribution < -0.4 is 0 Å². The highest BCUT2D eigenvalue weighted by molar-refractivity contribution is 5.75. The van der Waals surface area contributed by atoms with E-state index >= 15 is 0 Å². The molecule has 1 N–H and O–H groups in total. The number of aromatic amines is 1. The summed E-state index contributed by atoms with van der Waals surface area (Å²) in [7, 11) is 3.59. The first-order valence-electron chi connectivity index (χ1n) is 5.99. The molecule has 1 heterocycles. The molecule has 0 saturated heterocycles. The predicted molar refractivity (Wildman–Crippen MR) is 66.4 cm³/mol. The van der Waals surface area contributed by atoms with Crippen LogP contribution in [-0.2, 0) is 17.6 Å². The summed E-state index contributed by atoms with van der Waals surface area (Å²) in [6, 6.07) is 2.18. The summed E-state index contributed by atoms with van der Waals surface area (Å²) in [4.78, 5) is 16.3. The summed E-state index contributed by atoms with van der Waals surface area (Å²) in [6.45, 7) is 2.20. The maximum Gasteiger partial charge on any atom is 0.222 e. The molecule has 0 aromatic carbocycles. The third-order valence-corrected chi connectivity index (χ3v) is 2.73. The maximum atomic E-state index is 11.4. The minimum Gasteiger partial charge on any atom is -0.365 e. The molecule has 0 fully saturated rings. The SMILES string of the molecule is CCCCc1c[nH]c(CCC(=O)N(C)C)c1. The molecule has 0 saturated carbocycles. The summed E-state index contributed by atoms with van der Waals surface area (Å²) in [5, 5.41) is 0. The number of amides is 1. The lowest BCUT2D eigenvalue weighted by atomic mass is 10.1. The van der Waals surface area contributed by atoms with Gasteiger partial charge < -0.3 is 9.88 Å². The van der Waals surface area contributed by atoms with Gasteiger partial charge in [-0.1, -0.05) is 13.3 Å². The first kappa shape index (κ1) is 12.8. The zero-order valence-electron chi connectivity index (χ0n) is 10.5.